The molecule has 0 radical (unpaired) electrons. The van der Waals surface area contributed by atoms with E-state index in [2.05, 4.69) is 46.7 Å². The van der Waals surface area contributed by atoms with Gasteiger partial charge < -0.3 is 9.80 Å². The number of nitrogens with zero attached hydrogens (tertiary/aromatic N) is 2. The zero-order valence-electron chi connectivity index (χ0n) is 13.1. The zero-order valence-corrected chi connectivity index (χ0v) is 13.9. The molecule has 5 rings (SSSR count). The van der Waals surface area contributed by atoms with Crippen molar-refractivity contribution in [1.82, 2.24) is 4.90 Å². The Hall–Kier alpha value is -2.59. The minimum absolute atomic E-state index is 0.0511. The van der Waals surface area contributed by atoms with Crippen molar-refractivity contribution >= 4 is 28.6 Å². The van der Waals surface area contributed by atoms with Gasteiger partial charge in [0.05, 0.1) is 11.3 Å². The van der Waals surface area contributed by atoms with Crippen molar-refractivity contribution in [1.29, 1.82) is 0 Å². The first kappa shape index (κ1) is 13.8. The molecule has 2 aromatic carbocycles. The Bertz CT molecular complexity index is 918. The highest BCUT2D eigenvalue weighted by Crippen LogP contribution is 2.47. The second-order valence-electron chi connectivity index (χ2n) is 6.14. The number of anilines is 2. The molecule has 3 nitrogen and oxygen atoms in total. The molecule has 3 aromatic rings. The molecule has 0 bridgehead atoms. The molecule has 0 saturated heterocycles. The molecule has 0 fully saturated rings. The number of fused-ring (bicyclic) bond motifs is 4. The predicted molar refractivity (Wildman–Crippen MR) is 96.8 cm³/mol. The summed E-state index contributed by atoms with van der Waals surface area (Å²) in [4.78, 5) is 18.8. The van der Waals surface area contributed by atoms with E-state index in [1.807, 2.05) is 29.2 Å². The number of hydrogen-bond acceptors (Lipinski definition) is 3. The summed E-state index contributed by atoms with van der Waals surface area (Å²) in [7, 11) is 0. The topological polar surface area (TPSA) is 23.6 Å². The third-order valence-electron chi connectivity index (χ3n) is 4.87. The number of para-hydroxylation sites is 2. The van der Waals surface area contributed by atoms with E-state index < -0.39 is 0 Å². The first-order chi connectivity index (χ1) is 11.8. The normalized spacial score (nSPS) is 18.8. The number of carbonyl (C=O) groups excluding carboxylic acids is 1. The molecule has 24 heavy (non-hydrogen) atoms. The van der Waals surface area contributed by atoms with Crippen LogP contribution in [0.2, 0.25) is 0 Å². The highest BCUT2D eigenvalue weighted by atomic mass is 32.1. The molecule has 0 N–H and O–H groups in total. The Morgan fingerprint density at radius 3 is 2.62 bits per heavy atom. The molecular formula is C20H16N2OS. The molecule has 0 unspecified atom stereocenters. The van der Waals surface area contributed by atoms with Gasteiger partial charge in [0, 0.05) is 22.7 Å². The van der Waals surface area contributed by atoms with Crippen molar-refractivity contribution in [3.05, 3.63) is 82.0 Å². The van der Waals surface area contributed by atoms with Crippen LogP contribution in [-0.4, -0.2) is 17.4 Å². The fourth-order valence-corrected chi connectivity index (χ4v) is 4.70. The number of hydrogen-bond donors (Lipinski definition) is 0. The smallest absolute Gasteiger partial charge is 0.257 e. The van der Waals surface area contributed by atoms with Crippen LogP contribution in [0.15, 0.2) is 66.0 Å². The maximum absolute atomic E-state index is 13.1. The first-order valence-electron chi connectivity index (χ1n) is 8.15. The van der Waals surface area contributed by atoms with Crippen LogP contribution in [-0.2, 0) is 6.42 Å². The van der Waals surface area contributed by atoms with Crippen molar-refractivity contribution in [2.45, 2.75) is 12.6 Å². The largest absolute Gasteiger partial charge is 0.315 e. The Morgan fingerprint density at radius 2 is 1.75 bits per heavy atom. The Kier molecular flexibility index (Phi) is 3.00. The number of thiophene rings is 1. The van der Waals surface area contributed by atoms with Gasteiger partial charge >= 0.3 is 0 Å². The van der Waals surface area contributed by atoms with Gasteiger partial charge in [0.2, 0.25) is 0 Å². The van der Waals surface area contributed by atoms with E-state index in [1.165, 1.54) is 10.4 Å². The van der Waals surface area contributed by atoms with Crippen LogP contribution in [0, 0.1) is 0 Å². The monoisotopic (exact) mass is 332 g/mol. The number of rotatable bonds is 1. The first-order valence-corrected chi connectivity index (χ1v) is 9.03. The maximum Gasteiger partial charge on any atom is 0.257 e. The summed E-state index contributed by atoms with van der Waals surface area (Å²) >= 11 is 1.80. The SMILES string of the molecule is O=C1c2ccccc2N(c2ccccc2)[C@@H]2c3ccsc3CCN12. The van der Waals surface area contributed by atoms with Gasteiger partial charge in [-0.2, -0.15) is 0 Å². The van der Waals surface area contributed by atoms with Crippen LogP contribution in [0.3, 0.4) is 0 Å². The molecule has 118 valence electrons. The average Bonchev–Trinajstić information content (AvgIpc) is 3.12. The van der Waals surface area contributed by atoms with Crippen LogP contribution in [0.25, 0.3) is 0 Å². The van der Waals surface area contributed by atoms with Crippen LogP contribution in [0.4, 0.5) is 11.4 Å². The summed E-state index contributed by atoms with van der Waals surface area (Å²) in [6.45, 7) is 0.773. The van der Waals surface area contributed by atoms with Crippen molar-refractivity contribution in [2.24, 2.45) is 0 Å². The maximum atomic E-state index is 13.1. The lowest BCUT2D eigenvalue weighted by Gasteiger charge is -2.47. The second-order valence-corrected chi connectivity index (χ2v) is 7.14. The summed E-state index contributed by atoms with van der Waals surface area (Å²) in [6.07, 6.45) is 0.893. The second kappa shape index (κ2) is 5.21. The quantitative estimate of drug-likeness (QED) is 0.650. The molecule has 1 amide bonds. The fourth-order valence-electron chi connectivity index (χ4n) is 3.81. The molecule has 0 aliphatic carbocycles. The molecular weight excluding hydrogens is 316 g/mol. The molecule has 0 saturated carbocycles. The molecule has 1 atom stereocenters. The Morgan fingerprint density at radius 1 is 0.958 bits per heavy atom. The van der Waals surface area contributed by atoms with Gasteiger partial charge in [-0.15, -0.1) is 11.3 Å². The van der Waals surface area contributed by atoms with E-state index in [9.17, 15) is 4.79 Å². The van der Waals surface area contributed by atoms with Crippen molar-refractivity contribution in [3.63, 3.8) is 0 Å². The third kappa shape index (κ3) is 1.86. The molecule has 2 aliphatic rings. The summed E-state index contributed by atoms with van der Waals surface area (Å²) in [5, 5.41) is 2.14. The molecule has 2 aliphatic heterocycles. The molecule has 4 heteroatoms. The lowest BCUT2D eigenvalue weighted by atomic mass is 9.96. The lowest BCUT2D eigenvalue weighted by Crippen LogP contribution is -2.50. The number of carbonyl (C=O) groups is 1. The lowest BCUT2D eigenvalue weighted by molar-refractivity contribution is 0.0647. The van der Waals surface area contributed by atoms with Crippen molar-refractivity contribution < 1.29 is 4.79 Å². The van der Waals surface area contributed by atoms with Gasteiger partial charge in [-0.05, 0) is 42.1 Å². The third-order valence-corrected chi connectivity index (χ3v) is 5.86. The minimum atomic E-state index is -0.0511. The minimum Gasteiger partial charge on any atom is -0.315 e. The fraction of sp³-hybridized carbons (Fsp3) is 0.150. The van der Waals surface area contributed by atoms with Crippen molar-refractivity contribution in [3.8, 4) is 0 Å². The van der Waals surface area contributed by atoms with E-state index >= 15 is 0 Å². The zero-order chi connectivity index (χ0) is 16.1. The Balaban J connectivity index is 1.78. The van der Waals surface area contributed by atoms with Gasteiger partial charge in [0.1, 0.15) is 6.17 Å². The standard InChI is InChI=1S/C20H16N2OS/c23-20-15-8-4-5-9-17(15)22(14-6-2-1-3-7-14)19-16-11-13-24-18(16)10-12-21(19)20/h1-9,11,13,19H,10,12H2/t19-/m1/s1. The van der Waals surface area contributed by atoms with E-state index in [1.54, 1.807) is 11.3 Å². The van der Waals surface area contributed by atoms with Crippen LogP contribution in [0.1, 0.15) is 27.0 Å². The van der Waals surface area contributed by atoms with E-state index in [-0.39, 0.29) is 12.1 Å². The Labute approximate surface area is 144 Å². The van der Waals surface area contributed by atoms with Crippen LogP contribution < -0.4 is 4.90 Å². The molecule has 1 aromatic heterocycles. The van der Waals surface area contributed by atoms with E-state index in [4.69, 9.17) is 0 Å². The van der Waals surface area contributed by atoms with Gasteiger partial charge in [-0.25, -0.2) is 0 Å². The number of amides is 1. The van der Waals surface area contributed by atoms with Crippen LogP contribution >= 0.6 is 11.3 Å². The van der Waals surface area contributed by atoms with Gasteiger partial charge in [-0.3, -0.25) is 4.79 Å². The molecule has 3 heterocycles. The summed E-state index contributed by atoms with van der Waals surface area (Å²) in [6, 6.07) is 20.5. The van der Waals surface area contributed by atoms with E-state index in [0.29, 0.717) is 0 Å². The van der Waals surface area contributed by atoms with Gasteiger partial charge in [-0.1, -0.05) is 30.3 Å². The van der Waals surface area contributed by atoms with Gasteiger partial charge in [0.25, 0.3) is 5.91 Å². The average molecular weight is 332 g/mol. The summed E-state index contributed by atoms with van der Waals surface area (Å²) < 4.78 is 0. The molecule has 0 spiro atoms. The number of benzene rings is 2. The van der Waals surface area contributed by atoms with Gasteiger partial charge in [0.15, 0.2) is 0 Å². The van der Waals surface area contributed by atoms with Crippen LogP contribution in [0.5, 0.6) is 0 Å². The highest BCUT2D eigenvalue weighted by molar-refractivity contribution is 7.10. The summed E-state index contributed by atoms with van der Waals surface area (Å²) in [5.74, 6) is 0.139. The predicted octanol–water partition coefficient (Wildman–Crippen LogP) is 4.60. The van der Waals surface area contributed by atoms with Crippen molar-refractivity contribution in [2.75, 3.05) is 11.4 Å². The summed E-state index contributed by atoms with van der Waals surface area (Å²) in [5.41, 5.74) is 4.16. The van der Waals surface area contributed by atoms with E-state index in [0.717, 1.165) is 29.9 Å². The highest BCUT2D eigenvalue weighted by Gasteiger charge is 2.42.